The van der Waals surface area contributed by atoms with E-state index in [9.17, 15) is 0 Å². The summed E-state index contributed by atoms with van der Waals surface area (Å²) in [6.07, 6.45) is 1.85. The summed E-state index contributed by atoms with van der Waals surface area (Å²) in [4.78, 5) is 15.0. The van der Waals surface area contributed by atoms with Crippen molar-refractivity contribution in [1.82, 2.24) is 24.1 Å². The van der Waals surface area contributed by atoms with Gasteiger partial charge in [0.15, 0.2) is 5.82 Å². The number of aryl methyl sites for hydroxylation is 3. The van der Waals surface area contributed by atoms with Gasteiger partial charge in [0, 0.05) is 36.6 Å². The van der Waals surface area contributed by atoms with E-state index in [-0.39, 0.29) is 5.41 Å². The first-order chi connectivity index (χ1) is 17.3. The molecule has 178 valence electrons. The Bertz CT molecular complexity index is 1740. The zero-order valence-corrected chi connectivity index (χ0v) is 21.3. The minimum atomic E-state index is -0.291. The maximum absolute atomic E-state index is 5.18. The van der Waals surface area contributed by atoms with Crippen molar-refractivity contribution in [3.05, 3.63) is 102 Å². The molecule has 5 heteroatoms. The van der Waals surface area contributed by atoms with Gasteiger partial charge in [-0.25, -0.2) is 9.97 Å². The van der Waals surface area contributed by atoms with Crippen LogP contribution in [0.15, 0.2) is 85.1 Å². The monoisotopic (exact) mass is 471 g/mol. The van der Waals surface area contributed by atoms with Crippen molar-refractivity contribution in [3.63, 3.8) is 0 Å². The lowest BCUT2D eigenvalue weighted by Gasteiger charge is -2.25. The van der Waals surface area contributed by atoms with E-state index in [1.54, 1.807) is 0 Å². The molecule has 0 saturated heterocycles. The highest BCUT2D eigenvalue weighted by Crippen LogP contribution is 2.36. The van der Waals surface area contributed by atoms with Crippen LogP contribution in [0.1, 0.15) is 30.7 Å². The van der Waals surface area contributed by atoms with Crippen LogP contribution in [-0.4, -0.2) is 24.1 Å². The number of rotatable bonds is 4. The first-order valence-electron chi connectivity index (χ1n) is 12.3. The highest BCUT2D eigenvalue weighted by atomic mass is 15.1. The molecule has 0 aliphatic heterocycles. The van der Waals surface area contributed by atoms with E-state index in [2.05, 4.69) is 116 Å². The zero-order chi connectivity index (χ0) is 25.0. The Balaban J connectivity index is 1.52. The van der Waals surface area contributed by atoms with Crippen LogP contribution in [0.3, 0.4) is 0 Å². The molecule has 5 nitrogen and oxygen atoms in total. The van der Waals surface area contributed by atoms with E-state index in [4.69, 9.17) is 9.97 Å². The van der Waals surface area contributed by atoms with Crippen molar-refractivity contribution < 1.29 is 0 Å². The molecular formula is C31H29N5. The number of aromatic nitrogens is 5. The van der Waals surface area contributed by atoms with Crippen LogP contribution in [-0.2, 0) is 19.5 Å². The lowest BCUT2D eigenvalue weighted by Crippen LogP contribution is -2.20. The van der Waals surface area contributed by atoms with Crippen LogP contribution in [0.2, 0.25) is 0 Å². The third-order valence-electron chi connectivity index (χ3n) is 7.30. The topological polar surface area (TPSA) is 48.5 Å². The fraction of sp³-hybridized carbons (Fsp3) is 0.194. The predicted octanol–water partition coefficient (Wildman–Crippen LogP) is 6.82. The van der Waals surface area contributed by atoms with Crippen molar-refractivity contribution in [2.75, 3.05) is 0 Å². The Morgan fingerprint density at radius 3 is 2.25 bits per heavy atom. The van der Waals surface area contributed by atoms with Crippen LogP contribution in [0.25, 0.3) is 44.8 Å². The van der Waals surface area contributed by atoms with Crippen LogP contribution in [0, 0.1) is 6.92 Å². The number of nitrogens with zero attached hydrogens (tertiary/aromatic N) is 5. The summed E-state index contributed by atoms with van der Waals surface area (Å²) in [5, 5.41) is 1.21. The van der Waals surface area contributed by atoms with Gasteiger partial charge in [-0.1, -0.05) is 50.2 Å². The van der Waals surface area contributed by atoms with Crippen molar-refractivity contribution in [2.45, 2.75) is 26.2 Å². The first-order valence-corrected chi connectivity index (χ1v) is 12.3. The van der Waals surface area contributed by atoms with E-state index in [0.29, 0.717) is 0 Å². The number of fused-ring (bicyclic) bond motifs is 2. The number of imidazole rings is 1. The summed E-state index contributed by atoms with van der Waals surface area (Å²) in [6.45, 7) is 6.54. The second-order valence-corrected chi connectivity index (χ2v) is 10.1. The predicted molar refractivity (Wildman–Crippen MR) is 147 cm³/mol. The molecule has 0 aliphatic carbocycles. The van der Waals surface area contributed by atoms with Crippen molar-refractivity contribution in [2.24, 2.45) is 14.1 Å². The molecule has 0 fully saturated rings. The molecule has 0 bridgehead atoms. The molecule has 2 aromatic carbocycles. The van der Waals surface area contributed by atoms with E-state index in [1.807, 2.05) is 18.3 Å². The Hall–Kier alpha value is -4.25. The Kier molecular flexibility index (Phi) is 5.04. The van der Waals surface area contributed by atoms with Gasteiger partial charge in [0.1, 0.15) is 5.69 Å². The second-order valence-electron chi connectivity index (χ2n) is 10.1. The van der Waals surface area contributed by atoms with Gasteiger partial charge in [0.2, 0.25) is 0 Å². The third-order valence-corrected chi connectivity index (χ3v) is 7.30. The van der Waals surface area contributed by atoms with Gasteiger partial charge in [-0.15, -0.1) is 0 Å². The summed E-state index contributed by atoms with van der Waals surface area (Å²) in [6, 6.07) is 27.4. The summed E-state index contributed by atoms with van der Waals surface area (Å²) in [5.74, 6) is 0.859. The molecule has 36 heavy (non-hydrogen) atoms. The molecule has 0 aliphatic rings. The standard InChI is InChI=1S/C31H29N5/c1-20-17-23(27-19-21-11-6-7-13-25(21)35(27)4)33-24(18-20)30-34-29-22(12-10-14-26(29)36(30)5)31(2,3)28-15-8-9-16-32-28/h6-19H,1-5H3. The smallest absolute Gasteiger partial charge is 0.159 e. The molecule has 6 aromatic rings. The number of benzene rings is 2. The normalized spacial score (nSPS) is 12.0. The van der Waals surface area contributed by atoms with Gasteiger partial charge < -0.3 is 9.13 Å². The summed E-state index contributed by atoms with van der Waals surface area (Å²) in [5.41, 5.74) is 9.22. The molecule has 6 rings (SSSR count). The highest BCUT2D eigenvalue weighted by Gasteiger charge is 2.28. The van der Waals surface area contributed by atoms with E-state index < -0.39 is 0 Å². The highest BCUT2D eigenvalue weighted by molar-refractivity contribution is 5.87. The van der Waals surface area contributed by atoms with Gasteiger partial charge >= 0.3 is 0 Å². The second kappa shape index (κ2) is 8.16. The molecule has 0 amide bonds. The van der Waals surface area contributed by atoms with Crippen molar-refractivity contribution in [1.29, 1.82) is 0 Å². The van der Waals surface area contributed by atoms with Crippen LogP contribution in [0.5, 0.6) is 0 Å². The molecule has 0 unspecified atom stereocenters. The Morgan fingerprint density at radius 1 is 0.722 bits per heavy atom. The van der Waals surface area contributed by atoms with Gasteiger partial charge in [0.05, 0.1) is 28.1 Å². The minimum Gasteiger partial charge on any atom is -0.342 e. The lowest BCUT2D eigenvalue weighted by atomic mass is 9.80. The number of para-hydroxylation sites is 2. The number of hydrogen-bond acceptors (Lipinski definition) is 3. The van der Waals surface area contributed by atoms with E-state index in [0.717, 1.165) is 50.8 Å². The number of hydrogen-bond donors (Lipinski definition) is 0. The molecule has 0 saturated carbocycles. The van der Waals surface area contributed by atoms with Crippen molar-refractivity contribution in [3.8, 4) is 22.9 Å². The van der Waals surface area contributed by atoms with Gasteiger partial charge in [-0.2, -0.15) is 0 Å². The van der Waals surface area contributed by atoms with Gasteiger partial charge in [0.25, 0.3) is 0 Å². The van der Waals surface area contributed by atoms with Crippen molar-refractivity contribution >= 4 is 21.9 Å². The molecule has 0 spiro atoms. The average molecular weight is 472 g/mol. The van der Waals surface area contributed by atoms with E-state index >= 15 is 0 Å². The fourth-order valence-electron chi connectivity index (χ4n) is 5.27. The Labute approximate surface area is 211 Å². The Morgan fingerprint density at radius 2 is 1.47 bits per heavy atom. The van der Waals surface area contributed by atoms with E-state index in [1.165, 1.54) is 10.9 Å². The summed E-state index contributed by atoms with van der Waals surface area (Å²) >= 11 is 0. The summed E-state index contributed by atoms with van der Waals surface area (Å²) in [7, 11) is 4.17. The van der Waals surface area contributed by atoms with Crippen LogP contribution < -0.4 is 0 Å². The molecule has 0 radical (unpaired) electrons. The lowest BCUT2D eigenvalue weighted by molar-refractivity contribution is 0.621. The third kappa shape index (κ3) is 3.42. The minimum absolute atomic E-state index is 0.291. The molecular weight excluding hydrogens is 442 g/mol. The molecule has 4 aromatic heterocycles. The summed E-state index contributed by atoms with van der Waals surface area (Å²) < 4.78 is 4.36. The fourth-order valence-corrected chi connectivity index (χ4v) is 5.27. The van der Waals surface area contributed by atoms with Crippen LogP contribution >= 0.6 is 0 Å². The molecule has 4 heterocycles. The first kappa shape index (κ1) is 22.2. The maximum atomic E-state index is 5.18. The maximum Gasteiger partial charge on any atom is 0.159 e. The quantitative estimate of drug-likeness (QED) is 0.283. The average Bonchev–Trinajstić information content (AvgIpc) is 3.41. The van der Waals surface area contributed by atoms with Gasteiger partial charge in [-0.05, 0) is 60.5 Å². The zero-order valence-electron chi connectivity index (χ0n) is 21.3. The largest absolute Gasteiger partial charge is 0.342 e. The molecule has 0 N–H and O–H groups in total. The number of pyridine rings is 2. The van der Waals surface area contributed by atoms with Gasteiger partial charge in [-0.3, -0.25) is 4.98 Å². The SMILES string of the molecule is Cc1cc(-c2cc3ccccc3n2C)nc(-c2nc3c(C(C)(C)c4ccccn4)cccc3n2C)c1. The molecule has 0 atom stereocenters. The van der Waals surface area contributed by atoms with Crippen LogP contribution in [0.4, 0.5) is 0 Å².